The van der Waals surface area contributed by atoms with Crippen LogP contribution in [0.2, 0.25) is 0 Å². The number of hydrogen-bond donors (Lipinski definition) is 0. The molecule has 1 aliphatic rings. The lowest BCUT2D eigenvalue weighted by atomic mass is 9.87. The highest BCUT2D eigenvalue weighted by Gasteiger charge is 2.34. The summed E-state index contributed by atoms with van der Waals surface area (Å²) in [5, 5.41) is 0. The summed E-state index contributed by atoms with van der Waals surface area (Å²) in [5.41, 5.74) is 3.81. The van der Waals surface area contributed by atoms with Crippen LogP contribution in [0.4, 0.5) is 0 Å². The number of fused-ring (bicyclic) bond motifs is 1. The van der Waals surface area contributed by atoms with Crippen LogP contribution in [0, 0.1) is 0 Å². The van der Waals surface area contributed by atoms with E-state index in [1.54, 1.807) is 7.11 Å². The van der Waals surface area contributed by atoms with Gasteiger partial charge in [0.25, 0.3) is 5.91 Å². The highest BCUT2D eigenvalue weighted by atomic mass is 16.5. The van der Waals surface area contributed by atoms with Gasteiger partial charge in [0.1, 0.15) is 5.75 Å². The van der Waals surface area contributed by atoms with E-state index in [1.807, 2.05) is 81.1 Å². The molecule has 39 heavy (non-hydrogen) atoms. The van der Waals surface area contributed by atoms with Gasteiger partial charge in [-0.25, -0.2) is 0 Å². The van der Waals surface area contributed by atoms with Crippen LogP contribution < -0.4 is 23.7 Å². The van der Waals surface area contributed by atoms with E-state index in [2.05, 4.69) is 6.07 Å². The summed E-state index contributed by atoms with van der Waals surface area (Å²) in [6.07, 6.45) is 1.31. The van der Waals surface area contributed by atoms with Crippen molar-refractivity contribution in [2.75, 3.05) is 40.1 Å². The van der Waals surface area contributed by atoms with E-state index in [4.69, 9.17) is 23.7 Å². The van der Waals surface area contributed by atoms with Gasteiger partial charge in [0.2, 0.25) is 0 Å². The molecule has 1 aliphatic heterocycles. The molecule has 0 aromatic heterocycles. The van der Waals surface area contributed by atoms with Gasteiger partial charge in [0, 0.05) is 6.54 Å². The highest BCUT2D eigenvalue weighted by molar-refractivity contribution is 5.97. The number of benzene rings is 3. The molecule has 3 aromatic carbocycles. The lowest BCUT2D eigenvalue weighted by Gasteiger charge is -2.38. The fourth-order valence-electron chi connectivity index (χ4n) is 5.13. The predicted molar refractivity (Wildman–Crippen MR) is 152 cm³/mol. The monoisotopic (exact) mass is 533 g/mol. The number of hydrogen-bond acceptors (Lipinski definition) is 6. The SMILES string of the molecule is CCOc1ccc(C[C@H]2c3cc(OCC)c(OCC)cc3CCN2C(=O)c2ccccc2OC)cc1OCC. The molecule has 1 atom stereocenters. The molecule has 0 saturated heterocycles. The zero-order valence-corrected chi connectivity index (χ0v) is 23.6. The Labute approximate surface area is 231 Å². The summed E-state index contributed by atoms with van der Waals surface area (Å²) < 4.78 is 29.1. The minimum atomic E-state index is -0.228. The first kappa shape index (κ1) is 28.1. The number of carbonyl (C=O) groups excluding carboxylic acids is 1. The fraction of sp³-hybridized carbons (Fsp3) is 0.406. The van der Waals surface area contributed by atoms with Crippen molar-refractivity contribution < 1.29 is 28.5 Å². The Balaban J connectivity index is 1.80. The number of para-hydroxylation sites is 1. The summed E-state index contributed by atoms with van der Waals surface area (Å²) in [6, 6.07) is 17.3. The molecule has 0 aliphatic carbocycles. The van der Waals surface area contributed by atoms with Gasteiger partial charge in [-0.05, 0) is 93.6 Å². The minimum absolute atomic E-state index is 0.0640. The zero-order chi connectivity index (χ0) is 27.8. The van der Waals surface area contributed by atoms with E-state index in [0.29, 0.717) is 74.4 Å². The average Bonchev–Trinajstić information content (AvgIpc) is 2.95. The highest BCUT2D eigenvalue weighted by Crippen LogP contribution is 2.41. The topological polar surface area (TPSA) is 66.5 Å². The zero-order valence-electron chi connectivity index (χ0n) is 23.6. The van der Waals surface area contributed by atoms with Crippen molar-refractivity contribution in [2.45, 2.75) is 46.6 Å². The second-order valence-corrected chi connectivity index (χ2v) is 9.18. The molecule has 0 N–H and O–H groups in total. The van der Waals surface area contributed by atoms with E-state index < -0.39 is 0 Å². The van der Waals surface area contributed by atoms with Crippen molar-refractivity contribution in [3.05, 3.63) is 76.9 Å². The molecular formula is C32H39NO6. The van der Waals surface area contributed by atoms with Crippen molar-refractivity contribution >= 4 is 5.91 Å². The van der Waals surface area contributed by atoms with Crippen LogP contribution in [0.15, 0.2) is 54.6 Å². The minimum Gasteiger partial charge on any atom is -0.496 e. The Morgan fingerprint density at radius 1 is 0.769 bits per heavy atom. The molecule has 3 aromatic rings. The third-order valence-electron chi connectivity index (χ3n) is 6.80. The van der Waals surface area contributed by atoms with Gasteiger partial charge in [0.05, 0.1) is 45.1 Å². The lowest BCUT2D eigenvalue weighted by Crippen LogP contribution is -2.41. The third-order valence-corrected chi connectivity index (χ3v) is 6.80. The molecule has 208 valence electrons. The average molecular weight is 534 g/mol. The summed E-state index contributed by atoms with van der Waals surface area (Å²) in [5.74, 6) is 3.35. The number of carbonyl (C=O) groups is 1. The first-order valence-corrected chi connectivity index (χ1v) is 13.8. The van der Waals surface area contributed by atoms with E-state index in [1.165, 1.54) is 0 Å². The normalized spacial score (nSPS) is 14.4. The summed E-state index contributed by atoms with van der Waals surface area (Å²) in [4.78, 5) is 16.0. The van der Waals surface area contributed by atoms with Crippen molar-refractivity contribution in [1.29, 1.82) is 0 Å². The van der Waals surface area contributed by atoms with Crippen molar-refractivity contribution in [1.82, 2.24) is 4.90 Å². The molecule has 0 bridgehead atoms. The number of amides is 1. The molecule has 0 fully saturated rings. The summed E-state index contributed by atoms with van der Waals surface area (Å²) in [6.45, 7) is 10.6. The maximum Gasteiger partial charge on any atom is 0.258 e. The molecular weight excluding hydrogens is 494 g/mol. The second kappa shape index (κ2) is 13.3. The first-order chi connectivity index (χ1) is 19.0. The van der Waals surface area contributed by atoms with Gasteiger partial charge in [-0.1, -0.05) is 18.2 Å². The Bertz CT molecular complexity index is 1270. The van der Waals surface area contributed by atoms with Gasteiger partial charge in [-0.2, -0.15) is 0 Å². The summed E-state index contributed by atoms with van der Waals surface area (Å²) in [7, 11) is 1.59. The van der Waals surface area contributed by atoms with E-state index in [-0.39, 0.29) is 11.9 Å². The van der Waals surface area contributed by atoms with Crippen LogP contribution in [0.5, 0.6) is 28.7 Å². The lowest BCUT2D eigenvalue weighted by molar-refractivity contribution is 0.0656. The Morgan fingerprint density at radius 2 is 1.38 bits per heavy atom. The smallest absolute Gasteiger partial charge is 0.258 e. The molecule has 0 unspecified atom stereocenters. The Hall–Kier alpha value is -3.87. The molecule has 4 rings (SSSR count). The molecule has 1 heterocycles. The van der Waals surface area contributed by atoms with Gasteiger partial charge < -0.3 is 28.6 Å². The van der Waals surface area contributed by atoms with Crippen LogP contribution in [0.1, 0.15) is 60.8 Å². The van der Waals surface area contributed by atoms with Crippen LogP contribution in [-0.2, 0) is 12.8 Å². The maximum atomic E-state index is 14.0. The maximum absolute atomic E-state index is 14.0. The molecule has 0 saturated carbocycles. The fourth-order valence-corrected chi connectivity index (χ4v) is 5.13. The van der Waals surface area contributed by atoms with Crippen molar-refractivity contribution in [3.8, 4) is 28.7 Å². The van der Waals surface area contributed by atoms with E-state index in [9.17, 15) is 4.79 Å². The molecule has 7 nitrogen and oxygen atoms in total. The number of rotatable bonds is 12. The third kappa shape index (κ3) is 6.24. The van der Waals surface area contributed by atoms with Crippen LogP contribution in [0.3, 0.4) is 0 Å². The van der Waals surface area contributed by atoms with E-state index in [0.717, 1.165) is 22.4 Å². The van der Waals surface area contributed by atoms with Gasteiger partial charge in [0.15, 0.2) is 23.0 Å². The van der Waals surface area contributed by atoms with Crippen LogP contribution in [0.25, 0.3) is 0 Å². The summed E-state index contributed by atoms with van der Waals surface area (Å²) >= 11 is 0. The molecule has 1 amide bonds. The first-order valence-electron chi connectivity index (χ1n) is 13.8. The molecule has 0 spiro atoms. The van der Waals surface area contributed by atoms with Gasteiger partial charge >= 0.3 is 0 Å². The largest absolute Gasteiger partial charge is 0.496 e. The Morgan fingerprint density at radius 3 is 2.05 bits per heavy atom. The number of nitrogens with zero attached hydrogens (tertiary/aromatic N) is 1. The second-order valence-electron chi connectivity index (χ2n) is 9.18. The van der Waals surface area contributed by atoms with Crippen molar-refractivity contribution in [2.24, 2.45) is 0 Å². The van der Waals surface area contributed by atoms with Gasteiger partial charge in [-0.15, -0.1) is 0 Å². The number of methoxy groups -OCH3 is 1. The molecule has 7 heteroatoms. The van der Waals surface area contributed by atoms with Crippen molar-refractivity contribution in [3.63, 3.8) is 0 Å². The quantitative estimate of drug-likeness (QED) is 0.273. The molecule has 0 radical (unpaired) electrons. The predicted octanol–water partition coefficient (Wildman–Crippen LogP) is 6.27. The standard InChI is InChI=1S/C32H39NO6/c1-6-36-28-15-14-22(19-29(28)37-7-2)18-26-25-21-31(39-9-4)30(38-8-3)20-23(25)16-17-33(26)32(34)24-12-10-11-13-27(24)35-5/h10-15,19-21,26H,6-9,16-18H2,1-5H3/t26-/m0/s1. The van der Waals surface area contributed by atoms with Crippen LogP contribution >= 0.6 is 0 Å². The van der Waals surface area contributed by atoms with Crippen LogP contribution in [-0.4, -0.2) is 50.9 Å². The Kier molecular flexibility index (Phi) is 9.58. The van der Waals surface area contributed by atoms with E-state index >= 15 is 0 Å². The number of ether oxygens (including phenoxy) is 5. The van der Waals surface area contributed by atoms with Gasteiger partial charge in [-0.3, -0.25) is 4.79 Å².